The van der Waals surface area contributed by atoms with Crippen LogP contribution in [0, 0.1) is 11.8 Å². The van der Waals surface area contributed by atoms with Crippen LogP contribution in [0.4, 0.5) is 0 Å². The fourth-order valence-electron chi connectivity index (χ4n) is 5.26. The van der Waals surface area contributed by atoms with Crippen LogP contribution >= 0.6 is 0 Å². The summed E-state index contributed by atoms with van der Waals surface area (Å²) in [6, 6.07) is 0.593. The molecule has 0 bridgehead atoms. The van der Waals surface area contributed by atoms with Crippen LogP contribution in [0.15, 0.2) is 29.0 Å². The lowest BCUT2D eigenvalue weighted by Gasteiger charge is -2.48. The van der Waals surface area contributed by atoms with E-state index in [0.717, 1.165) is 32.7 Å². The molecule has 0 aromatic carbocycles. The van der Waals surface area contributed by atoms with Gasteiger partial charge in [0.1, 0.15) is 0 Å². The first-order valence-corrected chi connectivity index (χ1v) is 10.5. The highest BCUT2D eigenvalue weighted by Gasteiger charge is 2.52. The van der Waals surface area contributed by atoms with Gasteiger partial charge in [-0.1, -0.05) is 20.4 Å². The summed E-state index contributed by atoms with van der Waals surface area (Å²) in [6.45, 7) is 21.8. The molecular formula is C22H40N4O. The van der Waals surface area contributed by atoms with Crippen molar-refractivity contribution in [2.75, 3.05) is 33.4 Å². The SMILES string of the molecule is C=CN1C(C(C)N2CCOCC2)=C(C)[C@@H](CC)[C@]1(C)[C@@H](C)[C@H](C)/N=C\NC. The second-order valence-electron chi connectivity index (χ2n) is 8.23. The number of nitrogens with one attached hydrogen (secondary N) is 1. The molecular weight excluding hydrogens is 336 g/mol. The van der Waals surface area contributed by atoms with Gasteiger partial charge in [0, 0.05) is 43.7 Å². The van der Waals surface area contributed by atoms with E-state index in [9.17, 15) is 0 Å². The molecule has 0 aromatic heterocycles. The number of rotatable bonds is 8. The first kappa shape index (κ1) is 22.0. The van der Waals surface area contributed by atoms with Crippen molar-refractivity contribution in [3.05, 3.63) is 24.0 Å². The summed E-state index contributed by atoms with van der Waals surface area (Å²) in [7, 11) is 1.90. The highest BCUT2D eigenvalue weighted by molar-refractivity contribution is 5.53. The minimum atomic E-state index is -0.0268. The number of ether oxygens (including phenoxy) is 1. The second kappa shape index (κ2) is 9.24. The van der Waals surface area contributed by atoms with E-state index >= 15 is 0 Å². The van der Waals surface area contributed by atoms with E-state index in [4.69, 9.17) is 9.73 Å². The highest BCUT2D eigenvalue weighted by Crippen LogP contribution is 2.50. The third kappa shape index (κ3) is 3.95. The number of morpholine rings is 1. The Morgan fingerprint density at radius 1 is 1.33 bits per heavy atom. The van der Waals surface area contributed by atoms with Crippen molar-refractivity contribution < 1.29 is 4.74 Å². The Labute approximate surface area is 166 Å². The Bertz CT molecular complexity index is 567. The highest BCUT2D eigenvalue weighted by atomic mass is 16.5. The van der Waals surface area contributed by atoms with E-state index in [0.29, 0.717) is 17.9 Å². The van der Waals surface area contributed by atoms with E-state index in [1.165, 1.54) is 11.3 Å². The van der Waals surface area contributed by atoms with Gasteiger partial charge in [0.2, 0.25) is 0 Å². The van der Waals surface area contributed by atoms with Crippen molar-refractivity contribution in [3.63, 3.8) is 0 Å². The molecule has 0 radical (unpaired) electrons. The van der Waals surface area contributed by atoms with Crippen molar-refractivity contribution in [2.24, 2.45) is 16.8 Å². The normalized spacial score (nSPS) is 30.6. The Balaban J connectivity index is 2.40. The minimum absolute atomic E-state index is 0.0268. The zero-order valence-electron chi connectivity index (χ0n) is 18.5. The lowest BCUT2D eigenvalue weighted by molar-refractivity contribution is 0.0172. The summed E-state index contributed by atoms with van der Waals surface area (Å²) in [6.07, 6.45) is 4.99. The molecule has 0 aromatic rings. The van der Waals surface area contributed by atoms with Crippen LogP contribution in [-0.4, -0.2) is 67.1 Å². The van der Waals surface area contributed by atoms with Crippen LogP contribution in [-0.2, 0) is 4.74 Å². The van der Waals surface area contributed by atoms with Gasteiger partial charge in [-0.25, -0.2) is 0 Å². The van der Waals surface area contributed by atoms with Gasteiger partial charge in [-0.15, -0.1) is 0 Å². The molecule has 2 rings (SSSR count). The molecule has 1 fully saturated rings. The average molecular weight is 377 g/mol. The van der Waals surface area contributed by atoms with E-state index in [1.807, 2.05) is 13.4 Å². The zero-order chi connectivity index (χ0) is 20.2. The predicted octanol–water partition coefficient (Wildman–Crippen LogP) is 3.50. The summed E-state index contributed by atoms with van der Waals surface area (Å²) < 4.78 is 5.57. The van der Waals surface area contributed by atoms with Crippen LogP contribution in [0.3, 0.4) is 0 Å². The smallest absolute Gasteiger partial charge is 0.0824 e. The lowest BCUT2D eigenvalue weighted by atomic mass is 9.71. The Kier molecular flexibility index (Phi) is 7.52. The maximum atomic E-state index is 5.57. The molecule has 5 heteroatoms. The molecule has 27 heavy (non-hydrogen) atoms. The van der Waals surface area contributed by atoms with Gasteiger partial charge < -0.3 is 15.0 Å². The molecule has 5 atom stereocenters. The first-order valence-electron chi connectivity index (χ1n) is 10.5. The molecule has 0 aliphatic carbocycles. The molecule has 1 unspecified atom stereocenters. The van der Waals surface area contributed by atoms with Gasteiger partial charge in [-0.3, -0.25) is 9.89 Å². The van der Waals surface area contributed by atoms with Gasteiger partial charge in [0.25, 0.3) is 0 Å². The fraction of sp³-hybridized carbons (Fsp3) is 0.773. The molecule has 1 N–H and O–H groups in total. The maximum absolute atomic E-state index is 5.57. The van der Waals surface area contributed by atoms with Crippen molar-refractivity contribution in [1.29, 1.82) is 0 Å². The summed E-state index contributed by atoms with van der Waals surface area (Å²) in [4.78, 5) is 9.74. The van der Waals surface area contributed by atoms with Crippen molar-refractivity contribution >= 4 is 6.34 Å². The first-order chi connectivity index (χ1) is 12.8. The third-order valence-electron chi connectivity index (χ3n) is 7.08. The number of nitrogens with zero attached hydrogens (tertiary/aromatic N) is 3. The molecule has 5 nitrogen and oxygen atoms in total. The van der Waals surface area contributed by atoms with Gasteiger partial charge in [-0.05, 0) is 45.9 Å². The fourth-order valence-corrected chi connectivity index (χ4v) is 5.26. The van der Waals surface area contributed by atoms with Crippen molar-refractivity contribution in [2.45, 2.75) is 65.6 Å². The summed E-state index contributed by atoms with van der Waals surface area (Å²) in [5.41, 5.74) is 2.91. The van der Waals surface area contributed by atoms with E-state index in [2.05, 4.69) is 69.4 Å². The molecule has 2 heterocycles. The van der Waals surface area contributed by atoms with Gasteiger partial charge in [-0.2, -0.15) is 0 Å². The van der Waals surface area contributed by atoms with Crippen molar-refractivity contribution in [1.82, 2.24) is 15.1 Å². The number of aliphatic imine (C=N–C) groups is 1. The molecule has 0 spiro atoms. The Morgan fingerprint density at radius 3 is 2.48 bits per heavy atom. The standard InChI is InChI=1S/C22H40N4O/c1-9-20-16(3)21(19(6)25-11-13-27-14-12-25)26(10-2)22(20,7)17(4)18(5)24-15-23-8/h10,15,17-20H,2,9,11-14H2,1,3-8H3,(H,23,24)/t17-,18-,19?,20+,22-/m0/s1. The van der Waals surface area contributed by atoms with Crippen molar-refractivity contribution in [3.8, 4) is 0 Å². The quantitative estimate of drug-likeness (QED) is 0.520. The second-order valence-corrected chi connectivity index (χ2v) is 8.23. The van der Waals surface area contributed by atoms with Crippen LogP contribution in [0.1, 0.15) is 48.0 Å². The van der Waals surface area contributed by atoms with Crippen LogP contribution in [0.25, 0.3) is 0 Å². The monoisotopic (exact) mass is 376 g/mol. The lowest BCUT2D eigenvalue weighted by Crippen LogP contribution is -2.54. The van der Waals surface area contributed by atoms with Crippen LogP contribution in [0.2, 0.25) is 0 Å². The van der Waals surface area contributed by atoms with E-state index in [-0.39, 0.29) is 11.6 Å². The molecule has 2 aliphatic heterocycles. The molecule has 154 valence electrons. The van der Waals surface area contributed by atoms with Gasteiger partial charge in [0.15, 0.2) is 0 Å². The zero-order valence-corrected chi connectivity index (χ0v) is 18.5. The average Bonchev–Trinajstić information content (AvgIpc) is 2.91. The van der Waals surface area contributed by atoms with E-state index in [1.54, 1.807) is 0 Å². The number of hydrogen-bond donors (Lipinski definition) is 1. The summed E-state index contributed by atoms with van der Waals surface area (Å²) >= 11 is 0. The predicted molar refractivity (Wildman–Crippen MR) is 115 cm³/mol. The minimum Gasteiger partial charge on any atom is -0.380 e. The molecule has 0 saturated carbocycles. The van der Waals surface area contributed by atoms with Crippen LogP contribution in [0.5, 0.6) is 0 Å². The molecule has 2 aliphatic rings. The molecule has 0 amide bonds. The molecule has 1 saturated heterocycles. The topological polar surface area (TPSA) is 40.1 Å². The van der Waals surface area contributed by atoms with Gasteiger partial charge in [0.05, 0.1) is 31.1 Å². The van der Waals surface area contributed by atoms with E-state index < -0.39 is 0 Å². The largest absolute Gasteiger partial charge is 0.380 e. The maximum Gasteiger partial charge on any atom is 0.0824 e. The Morgan fingerprint density at radius 2 is 1.96 bits per heavy atom. The van der Waals surface area contributed by atoms with Crippen LogP contribution < -0.4 is 5.32 Å². The third-order valence-corrected chi connectivity index (χ3v) is 7.08. The number of hydrogen-bond acceptors (Lipinski definition) is 4. The summed E-state index contributed by atoms with van der Waals surface area (Å²) in [5.74, 6) is 0.880. The Hall–Kier alpha value is -1.33. The van der Waals surface area contributed by atoms with Gasteiger partial charge >= 0.3 is 0 Å². The summed E-state index contributed by atoms with van der Waals surface area (Å²) in [5, 5.41) is 3.03.